The lowest BCUT2D eigenvalue weighted by molar-refractivity contribution is -0.116. The molecule has 0 bridgehead atoms. The molecular formula is C21H26N4O2S. The first-order valence-electron chi connectivity index (χ1n) is 9.96. The number of fused-ring (bicyclic) bond motifs is 1. The maximum Gasteiger partial charge on any atom is 0.227 e. The average Bonchev–Trinajstić information content (AvgIpc) is 3.07. The third-order valence-electron chi connectivity index (χ3n) is 4.85. The molecule has 1 N–H and O–H groups in total. The maximum atomic E-state index is 12.8. The average molecular weight is 399 g/mol. The number of thioether (sulfide) groups is 1. The van der Waals surface area contributed by atoms with E-state index in [4.69, 9.17) is 9.84 Å². The quantitative estimate of drug-likeness (QED) is 0.718. The van der Waals surface area contributed by atoms with E-state index in [2.05, 4.69) is 17.2 Å². The van der Waals surface area contributed by atoms with Crippen molar-refractivity contribution in [2.45, 2.75) is 63.8 Å². The van der Waals surface area contributed by atoms with Crippen molar-refractivity contribution in [1.29, 1.82) is 0 Å². The fraction of sp³-hybridized carbons (Fsp3) is 0.476. The minimum atomic E-state index is -0.240. The molecule has 0 radical (unpaired) electrons. The Hall–Kier alpha value is -2.28. The van der Waals surface area contributed by atoms with Gasteiger partial charge in [-0.3, -0.25) is 4.79 Å². The summed E-state index contributed by atoms with van der Waals surface area (Å²) >= 11 is 1.65. The second-order valence-corrected chi connectivity index (χ2v) is 8.51. The Labute approximate surface area is 169 Å². The number of ether oxygens (including phenoxy) is 1. The van der Waals surface area contributed by atoms with Crippen molar-refractivity contribution >= 4 is 23.5 Å². The monoisotopic (exact) mass is 398 g/mol. The molecule has 4 rings (SSSR count). The minimum Gasteiger partial charge on any atom is -0.491 e. The summed E-state index contributed by atoms with van der Waals surface area (Å²) in [5, 5.41) is 8.86. The van der Waals surface area contributed by atoms with E-state index < -0.39 is 0 Å². The molecule has 0 fully saturated rings. The van der Waals surface area contributed by atoms with Crippen LogP contribution in [0.5, 0.6) is 5.75 Å². The predicted molar refractivity (Wildman–Crippen MR) is 111 cm³/mol. The molecule has 1 unspecified atom stereocenters. The summed E-state index contributed by atoms with van der Waals surface area (Å²) in [6.07, 6.45) is 3.53. The molecule has 1 aromatic carbocycles. The standard InChI is InChI=1S/C21H26N4O2S/c1-4-12-28-21-23-20-22-16-6-5-7-17(26)18(16)19(25(20)24-21)14-8-10-15(11-9-14)27-13(2)3/h8-11,13,19H,4-7,12H2,1-3H3,(H,22,23,24). The van der Waals surface area contributed by atoms with E-state index in [1.807, 2.05) is 42.8 Å². The highest BCUT2D eigenvalue weighted by Crippen LogP contribution is 2.40. The van der Waals surface area contributed by atoms with E-state index in [0.717, 1.165) is 58.7 Å². The van der Waals surface area contributed by atoms with Gasteiger partial charge in [-0.2, -0.15) is 4.98 Å². The normalized spacial score (nSPS) is 18.7. The van der Waals surface area contributed by atoms with Gasteiger partial charge in [0.1, 0.15) is 11.8 Å². The van der Waals surface area contributed by atoms with Crippen LogP contribution < -0.4 is 10.1 Å². The molecule has 7 heteroatoms. The molecule has 0 saturated heterocycles. The third kappa shape index (κ3) is 3.68. The Balaban J connectivity index is 1.74. The van der Waals surface area contributed by atoms with Crippen molar-refractivity contribution in [1.82, 2.24) is 14.8 Å². The van der Waals surface area contributed by atoms with Crippen LogP contribution >= 0.6 is 11.8 Å². The molecule has 2 heterocycles. The SMILES string of the molecule is CCCSc1nc2n(n1)C(c1ccc(OC(C)C)cc1)C1=C(CCCC1=O)N2. The van der Waals surface area contributed by atoms with Crippen molar-refractivity contribution in [3.8, 4) is 5.75 Å². The molecular weight excluding hydrogens is 372 g/mol. The number of ketones is 1. The maximum absolute atomic E-state index is 12.8. The lowest BCUT2D eigenvalue weighted by Crippen LogP contribution is -2.31. The topological polar surface area (TPSA) is 69.0 Å². The Kier molecular flexibility index (Phi) is 5.44. The molecule has 1 atom stereocenters. The first-order valence-corrected chi connectivity index (χ1v) is 10.9. The molecule has 6 nitrogen and oxygen atoms in total. The Bertz CT molecular complexity index is 902. The second-order valence-electron chi connectivity index (χ2n) is 7.44. The van der Waals surface area contributed by atoms with Gasteiger partial charge in [0.2, 0.25) is 11.1 Å². The second kappa shape index (κ2) is 7.99. The summed E-state index contributed by atoms with van der Waals surface area (Å²) < 4.78 is 7.65. The lowest BCUT2D eigenvalue weighted by Gasteiger charge is -2.32. The number of carbonyl (C=O) groups is 1. The third-order valence-corrected chi connectivity index (χ3v) is 5.90. The van der Waals surface area contributed by atoms with E-state index in [9.17, 15) is 4.79 Å². The number of allylic oxidation sites excluding steroid dienone is 2. The van der Waals surface area contributed by atoms with Crippen molar-refractivity contribution in [3.05, 3.63) is 41.1 Å². The van der Waals surface area contributed by atoms with Crippen LogP contribution in [0.25, 0.3) is 0 Å². The minimum absolute atomic E-state index is 0.124. The van der Waals surface area contributed by atoms with Gasteiger partial charge in [0.15, 0.2) is 5.78 Å². The molecule has 1 aliphatic carbocycles. The summed E-state index contributed by atoms with van der Waals surface area (Å²) in [5.41, 5.74) is 2.85. The van der Waals surface area contributed by atoms with Crippen LogP contribution in [0.3, 0.4) is 0 Å². The van der Waals surface area contributed by atoms with E-state index in [0.29, 0.717) is 6.42 Å². The molecule has 2 aromatic rings. The predicted octanol–water partition coefficient (Wildman–Crippen LogP) is 4.59. The summed E-state index contributed by atoms with van der Waals surface area (Å²) in [4.78, 5) is 17.5. The van der Waals surface area contributed by atoms with Gasteiger partial charge in [-0.25, -0.2) is 4.68 Å². The van der Waals surface area contributed by atoms with Gasteiger partial charge < -0.3 is 10.1 Å². The Morgan fingerprint density at radius 3 is 2.79 bits per heavy atom. The van der Waals surface area contributed by atoms with Gasteiger partial charge in [-0.15, -0.1) is 5.10 Å². The number of nitrogens with zero attached hydrogens (tertiary/aromatic N) is 3. The van der Waals surface area contributed by atoms with Gasteiger partial charge in [0.25, 0.3) is 0 Å². The first-order chi connectivity index (χ1) is 13.6. The van der Waals surface area contributed by atoms with Crippen LogP contribution in [-0.4, -0.2) is 32.4 Å². The molecule has 0 amide bonds. The molecule has 0 saturated carbocycles. The van der Waals surface area contributed by atoms with Crippen LogP contribution in [0.2, 0.25) is 0 Å². The largest absolute Gasteiger partial charge is 0.491 e. The summed E-state index contributed by atoms with van der Waals surface area (Å²) in [5.74, 6) is 2.72. The number of benzene rings is 1. The lowest BCUT2D eigenvalue weighted by atomic mass is 9.85. The molecule has 28 heavy (non-hydrogen) atoms. The van der Waals surface area contributed by atoms with Crippen LogP contribution in [0, 0.1) is 0 Å². The number of aromatic nitrogens is 3. The highest BCUT2D eigenvalue weighted by atomic mass is 32.2. The number of anilines is 1. The van der Waals surface area contributed by atoms with Crippen molar-refractivity contribution in [2.75, 3.05) is 11.1 Å². The number of carbonyl (C=O) groups excluding carboxylic acids is 1. The van der Waals surface area contributed by atoms with Crippen molar-refractivity contribution in [2.24, 2.45) is 0 Å². The van der Waals surface area contributed by atoms with Gasteiger partial charge in [-0.05, 0) is 50.8 Å². The van der Waals surface area contributed by atoms with E-state index in [1.165, 1.54) is 0 Å². The summed E-state index contributed by atoms with van der Waals surface area (Å²) in [7, 11) is 0. The zero-order valence-corrected chi connectivity index (χ0v) is 17.4. The van der Waals surface area contributed by atoms with Gasteiger partial charge >= 0.3 is 0 Å². The number of hydrogen-bond acceptors (Lipinski definition) is 6. The molecule has 1 aliphatic heterocycles. The van der Waals surface area contributed by atoms with E-state index in [-0.39, 0.29) is 17.9 Å². The van der Waals surface area contributed by atoms with Gasteiger partial charge in [-0.1, -0.05) is 30.8 Å². The number of hydrogen-bond donors (Lipinski definition) is 1. The van der Waals surface area contributed by atoms with Gasteiger partial charge in [0.05, 0.1) is 6.10 Å². The first kappa shape index (κ1) is 19.1. The molecule has 0 spiro atoms. The number of nitrogens with one attached hydrogen (secondary N) is 1. The zero-order valence-electron chi connectivity index (χ0n) is 16.6. The smallest absolute Gasteiger partial charge is 0.227 e. The Morgan fingerprint density at radius 2 is 2.07 bits per heavy atom. The van der Waals surface area contributed by atoms with Crippen LogP contribution in [0.1, 0.15) is 58.1 Å². The Morgan fingerprint density at radius 1 is 1.29 bits per heavy atom. The molecule has 1 aromatic heterocycles. The van der Waals surface area contributed by atoms with E-state index >= 15 is 0 Å². The van der Waals surface area contributed by atoms with Crippen molar-refractivity contribution < 1.29 is 9.53 Å². The highest BCUT2D eigenvalue weighted by Gasteiger charge is 2.36. The van der Waals surface area contributed by atoms with E-state index in [1.54, 1.807) is 11.8 Å². The van der Waals surface area contributed by atoms with Crippen molar-refractivity contribution in [3.63, 3.8) is 0 Å². The fourth-order valence-corrected chi connectivity index (χ4v) is 4.38. The summed E-state index contributed by atoms with van der Waals surface area (Å²) in [6, 6.07) is 7.76. The molecule has 148 valence electrons. The number of rotatable bonds is 6. The summed E-state index contributed by atoms with van der Waals surface area (Å²) in [6.45, 7) is 6.16. The molecule has 2 aliphatic rings. The van der Waals surface area contributed by atoms with Crippen LogP contribution in [-0.2, 0) is 4.79 Å². The van der Waals surface area contributed by atoms with Crippen LogP contribution in [0.15, 0.2) is 40.7 Å². The van der Waals surface area contributed by atoms with Gasteiger partial charge in [0, 0.05) is 23.4 Å². The highest BCUT2D eigenvalue weighted by molar-refractivity contribution is 7.99. The zero-order chi connectivity index (χ0) is 19.7. The fourth-order valence-electron chi connectivity index (χ4n) is 3.70. The van der Waals surface area contributed by atoms with Crippen LogP contribution in [0.4, 0.5) is 5.95 Å². The number of Topliss-reactive ketones (excluding diaryl/α,β-unsaturated/α-hetero) is 1.